The number of rotatable bonds is 4. The van der Waals surface area contributed by atoms with Crippen LogP contribution in [-0.4, -0.2) is 73.1 Å². The number of aromatic nitrogens is 1. The first-order chi connectivity index (χ1) is 14.2. The lowest BCUT2D eigenvalue weighted by atomic mass is 10.0. The number of aryl methyl sites for hydroxylation is 1. The first-order valence-corrected chi connectivity index (χ1v) is 10.2. The van der Waals surface area contributed by atoms with Crippen LogP contribution >= 0.6 is 0 Å². The Bertz CT molecular complexity index is 843. The van der Waals surface area contributed by atoms with Crippen LogP contribution in [0.2, 0.25) is 0 Å². The summed E-state index contributed by atoms with van der Waals surface area (Å²) in [7, 11) is 1.77. The van der Waals surface area contributed by atoms with E-state index in [1.807, 2.05) is 29.2 Å². The number of carbonyl (C=O) groups is 1. The van der Waals surface area contributed by atoms with Crippen LogP contribution in [0.5, 0.6) is 0 Å². The zero-order chi connectivity index (χ0) is 20.1. The molecule has 2 aliphatic heterocycles. The number of guanidine groups is 1. The van der Waals surface area contributed by atoms with Gasteiger partial charge in [-0.1, -0.05) is 23.4 Å². The molecule has 8 heteroatoms. The van der Waals surface area contributed by atoms with Gasteiger partial charge in [0.2, 0.25) is 5.91 Å². The van der Waals surface area contributed by atoms with Crippen LogP contribution < -0.4 is 10.2 Å². The number of piperazine rings is 1. The van der Waals surface area contributed by atoms with Crippen molar-refractivity contribution >= 4 is 17.6 Å². The molecule has 1 aromatic heterocycles. The minimum Gasteiger partial charge on any atom is -0.364 e. The third-order valence-electron chi connectivity index (χ3n) is 5.57. The summed E-state index contributed by atoms with van der Waals surface area (Å²) in [6.07, 6.45) is 3.65. The van der Waals surface area contributed by atoms with E-state index in [9.17, 15) is 4.79 Å². The van der Waals surface area contributed by atoms with Crippen molar-refractivity contribution in [1.29, 1.82) is 0 Å². The van der Waals surface area contributed by atoms with Gasteiger partial charge in [0.1, 0.15) is 6.26 Å². The van der Waals surface area contributed by atoms with Gasteiger partial charge in [-0.3, -0.25) is 14.7 Å². The largest absolute Gasteiger partial charge is 0.364 e. The molecule has 1 amide bonds. The summed E-state index contributed by atoms with van der Waals surface area (Å²) in [5.41, 5.74) is 3.25. The number of nitrogens with zero attached hydrogens (tertiary/aromatic N) is 5. The summed E-state index contributed by atoms with van der Waals surface area (Å²) in [5, 5.41) is 7.25. The van der Waals surface area contributed by atoms with Crippen LogP contribution in [0.3, 0.4) is 0 Å². The lowest BCUT2D eigenvalue weighted by Crippen LogP contribution is -2.53. The zero-order valence-electron chi connectivity index (χ0n) is 16.9. The fourth-order valence-electron chi connectivity index (χ4n) is 4.04. The molecule has 1 N–H and O–H groups in total. The van der Waals surface area contributed by atoms with Crippen LogP contribution in [0.15, 0.2) is 46.1 Å². The Morgan fingerprint density at radius 2 is 2.00 bits per heavy atom. The standard InChI is InChI=1S/C21H28N6O2/c1-22-21(26-12-10-25(11-13-26)16-18-8-14-29-24-18)23-15-20(28)27-9-4-6-17-5-2-3-7-19(17)27/h2-3,5,7-8,14H,4,6,9-13,15-16H2,1H3,(H,22,23). The number of amides is 1. The SMILES string of the molecule is CN=C(NCC(=O)N1CCCc2ccccc21)N1CCN(Cc2ccon2)CC1. The third kappa shape index (κ3) is 4.59. The highest BCUT2D eigenvalue weighted by Gasteiger charge is 2.24. The van der Waals surface area contributed by atoms with Gasteiger partial charge in [0.25, 0.3) is 0 Å². The molecule has 2 aromatic rings. The molecular formula is C21H28N6O2. The van der Waals surface area contributed by atoms with Crippen LogP contribution in [0.25, 0.3) is 0 Å². The molecule has 0 unspecified atom stereocenters. The van der Waals surface area contributed by atoms with Gasteiger partial charge in [-0.25, -0.2) is 0 Å². The Balaban J connectivity index is 1.28. The van der Waals surface area contributed by atoms with Gasteiger partial charge in [0, 0.05) is 58.1 Å². The lowest BCUT2D eigenvalue weighted by Gasteiger charge is -2.36. The number of anilines is 1. The van der Waals surface area contributed by atoms with Crippen LogP contribution in [0.4, 0.5) is 5.69 Å². The molecule has 2 aliphatic rings. The van der Waals surface area contributed by atoms with E-state index in [0.717, 1.165) is 69.5 Å². The van der Waals surface area contributed by atoms with Crippen molar-refractivity contribution in [1.82, 2.24) is 20.3 Å². The Morgan fingerprint density at radius 1 is 1.17 bits per heavy atom. The van der Waals surface area contributed by atoms with E-state index in [4.69, 9.17) is 4.52 Å². The van der Waals surface area contributed by atoms with Gasteiger partial charge in [-0.15, -0.1) is 0 Å². The number of hydrogen-bond donors (Lipinski definition) is 1. The Morgan fingerprint density at radius 3 is 2.76 bits per heavy atom. The average molecular weight is 396 g/mol. The Labute approximate surface area is 171 Å². The van der Waals surface area contributed by atoms with Crippen LogP contribution in [-0.2, 0) is 17.8 Å². The van der Waals surface area contributed by atoms with Crippen LogP contribution in [0, 0.1) is 0 Å². The molecule has 0 spiro atoms. The van der Waals surface area contributed by atoms with Gasteiger partial charge in [-0.05, 0) is 24.5 Å². The molecule has 1 fully saturated rings. The molecule has 8 nitrogen and oxygen atoms in total. The quantitative estimate of drug-likeness (QED) is 0.621. The molecule has 0 radical (unpaired) electrons. The van der Waals surface area contributed by atoms with Crippen molar-refractivity contribution in [3.63, 3.8) is 0 Å². The van der Waals surface area contributed by atoms with Gasteiger partial charge < -0.3 is 19.6 Å². The molecule has 0 atom stereocenters. The van der Waals surface area contributed by atoms with Crippen LogP contribution in [0.1, 0.15) is 17.7 Å². The number of benzene rings is 1. The number of hydrogen-bond acceptors (Lipinski definition) is 5. The maximum Gasteiger partial charge on any atom is 0.246 e. The van der Waals surface area contributed by atoms with E-state index in [1.54, 1.807) is 13.3 Å². The lowest BCUT2D eigenvalue weighted by molar-refractivity contribution is -0.117. The monoisotopic (exact) mass is 396 g/mol. The normalized spacial score (nSPS) is 17.9. The number of para-hydroxylation sites is 1. The molecule has 0 bridgehead atoms. The van der Waals surface area contributed by atoms with Gasteiger partial charge in [-0.2, -0.15) is 0 Å². The summed E-state index contributed by atoms with van der Waals surface area (Å²) in [6, 6.07) is 10.1. The van der Waals surface area contributed by atoms with Crippen molar-refractivity contribution in [2.45, 2.75) is 19.4 Å². The topological polar surface area (TPSA) is 77.2 Å². The second-order valence-electron chi connectivity index (χ2n) is 7.43. The maximum atomic E-state index is 12.9. The first kappa shape index (κ1) is 19.4. The predicted molar refractivity (Wildman–Crippen MR) is 112 cm³/mol. The fourth-order valence-corrected chi connectivity index (χ4v) is 4.04. The number of fused-ring (bicyclic) bond motifs is 1. The van der Waals surface area contributed by atoms with Crippen molar-refractivity contribution in [2.24, 2.45) is 4.99 Å². The molecule has 1 aromatic carbocycles. The van der Waals surface area contributed by atoms with E-state index in [0.29, 0.717) is 0 Å². The maximum absolute atomic E-state index is 12.9. The number of aliphatic imine (C=N–C) groups is 1. The van der Waals surface area contributed by atoms with E-state index in [2.05, 4.69) is 31.3 Å². The number of carbonyl (C=O) groups excluding carboxylic acids is 1. The third-order valence-corrected chi connectivity index (χ3v) is 5.57. The molecular weight excluding hydrogens is 368 g/mol. The Hall–Kier alpha value is -2.87. The molecule has 3 heterocycles. The summed E-state index contributed by atoms with van der Waals surface area (Å²) in [6.45, 7) is 5.37. The van der Waals surface area contributed by atoms with Gasteiger partial charge >= 0.3 is 0 Å². The van der Waals surface area contributed by atoms with Gasteiger partial charge in [0.05, 0.1) is 12.2 Å². The highest BCUT2D eigenvalue weighted by Crippen LogP contribution is 2.26. The highest BCUT2D eigenvalue weighted by molar-refractivity contribution is 5.98. The van der Waals surface area contributed by atoms with Gasteiger partial charge in [0.15, 0.2) is 5.96 Å². The average Bonchev–Trinajstić information content (AvgIpc) is 3.27. The molecule has 29 heavy (non-hydrogen) atoms. The molecule has 0 saturated carbocycles. The predicted octanol–water partition coefficient (Wildman–Crippen LogP) is 1.35. The van der Waals surface area contributed by atoms with Crippen molar-refractivity contribution in [3.05, 3.63) is 47.9 Å². The minimum atomic E-state index is 0.0861. The zero-order valence-corrected chi connectivity index (χ0v) is 16.9. The van der Waals surface area contributed by atoms with Crippen molar-refractivity contribution in [3.8, 4) is 0 Å². The molecule has 154 valence electrons. The minimum absolute atomic E-state index is 0.0861. The molecule has 1 saturated heterocycles. The Kier molecular flexibility index (Phi) is 6.09. The second kappa shape index (κ2) is 9.09. The van der Waals surface area contributed by atoms with E-state index < -0.39 is 0 Å². The van der Waals surface area contributed by atoms with E-state index >= 15 is 0 Å². The highest BCUT2D eigenvalue weighted by atomic mass is 16.5. The summed E-state index contributed by atoms with van der Waals surface area (Å²) in [4.78, 5) is 23.7. The first-order valence-electron chi connectivity index (χ1n) is 10.2. The van der Waals surface area contributed by atoms with E-state index in [-0.39, 0.29) is 12.5 Å². The van der Waals surface area contributed by atoms with Crippen molar-refractivity contribution < 1.29 is 9.32 Å². The summed E-state index contributed by atoms with van der Waals surface area (Å²) in [5.74, 6) is 0.868. The smallest absolute Gasteiger partial charge is 0.246 e. The van der Waals surface area contributed by atoms with E-state index in [1.165, 1.54) is 5.56 Å². The fraction of sp³-hybridized carbons (Fsp3) is 0.476. The second-order valence-corrected chi connectivity index (χ2v) is 7.43. The summed E-state index contributed by atoms with van der Waals surface area (Å²) >= 11 is 0. The summed E-state index contributed by atoms with van der Waals surface area (Å²) < 4.78 is 4.91. The molecule has 4 rings (SSSR count). The number of nitrogens with one attached hydrogen (secondary N) is 1. The molecule has 0 aliphatic carbocycles. The van der Waals surface area contributed by atoms with Crippen molar-refractivity contribution in [2.75, 3.05) is 51.2 Å².